The Labute approximate surface area is 160 Å². The summed E-state index contributed by atoms with van der Waals surface area (Å²) in [6.07, 6.45) is 6.32. The summed E-state index contributed by atoms with van der Waals surface area (Å²) in [6, 6.07) is 12.2. The Balaban J connectivity index is 1.41. The monoisotopic (exact) mass is 365 g/mol. The van der Waals surface area contributed by atoms with Gasteiger partial charge in [-0.25, -0.2) is 9.97 Å². The van der Waals surface area contributed by atoms with Gasteiger partial charge in [-0.1, -0.05) is 31.0 Å². The summed E-state index contributed by atoms with van der Waals surface area (Å²) in [4.78, 5) is 28.4. The van der Waals surface area contributed by atoms with E-state index in [1.807, 2.05) is 11.0 Å². The summed E-state index contributed by atoms with van der Waals surface area (Å²) in [7, 11) is 0. The molecule has 1 amide bonds. The second kappa shape index (κ2) is 8.37. The van der Waals surface area contributed by atoms with Crippen LogP contribution in [0, 0.1) is 0 Å². The summed E-state index contributed by atoms with van der Waals surface area (Å²) >= 11 is 0. The van der Waals surface area contributed by atoms with Gasteiger partial charge in [0.2, 0.25) is 5.95 Å². The number of carbonyl (C=O) groups is 1. The van der Waals surface area contributed by atoms with Crippen LogP contribution in [0.4, 0.5) is 11.6 Å². The van der Waals surface area contributed by atoms with Crippen LogP contribution in [0.25, 0.3) is 0 Å². The molecular formula is C21H27N5O. The van der Waals surface area contributed by atoms with E-state index in [1.54, 1.807) is 12.3 Å². The lowest BCUT2D eigenvalue weighted by Crippen LogP contribution is -2.47. The first-order valence-electron chi connectivity index (χ1n) is 9.98. The van der Waals surface area contributed by atoms with E-state index in [9.17, 15) is 4.79 Å². The Kier molecular flexibility index (Phi) is 5.51. The fourth-order valence-electron chi connectivity index (χ4n) is 3.86. The van der Waals surface area contributed by atoms with E-state index in [-0.39, 0.29) is 5.91 Å². The number of piperazine rings is 1. The molecule has 0 unspecified atom stereocenters. The third-order valence-electron chi connectivity index (χ3n) is 5.44. The fraction of sp³-hybridized carbons (Fsp3) is 0.476. The average Bonchev–Trinajstić information content (AvgIpc) is 3.04. The first-order chi connectivity index (χ1) is 13.3. The summed E-state index contributed by atoms with van der Waals surface area (Å²) in [5.74, 6) is 0.715. The lowest BCUT2D eigenvalue weighted by atomic mass is 10.2. The number of anilines is 2. The average molecular weight is 365 g/mol. The molecule has 2 aliphatic rings. The van der Waals surface area contributed by atoms with Crippen LogP contribution in [0.5, 0.6) is 0 Å². The van der Waals surface area contributed by atoms with Gasteiger partial charge in [-0.2, -0.15) is 0 Å². The van der Waals surface area contributed by atoms with Gasteiger partial charge in [-0.15, -0.1) is 0 Å². The lowest BCUT2D eigenvalue weighted by molar-refractivity contribution is 0.0755. The molecule has 0 radical (unpaired) electrons. The molecule has 0 spiro atoms. The standard InChI is InChI=1S/C21H27N5O/c27-20(25-12-6-1-2-7-13-25)19-10-11-22-21(23-19)26-16-14-24(15-17-26)18-8-4-3-5-9-18/h3-5,8-11H,1-2,6-7,12-17H2. The number of para-hydroxylation sites is 1. The Morgan fingerprint density at radius 1 is 0.778 bits per heavy atom. The van der Waals surface area contributed by atoms with Crippen molar-refractivity contribution in [1.82, 2.24) is 14.9 Å². The topological polar surface area (TPSA) is 52.6 Å². The molecule has 6 nitrogen and oxygen atoms in total. The first kappa shape index (κ1) is 17.8. The van der Waals surface area contributed by atoms with Crippen LogP contribution in [0.2, 0.25) is 0 Å². The zero-order valence-electron chi connectivity index (χ0n) is 15.8. The molecule has 0 atom stereocenters. The molecule has 1 aromatic heterocycles. The van der Waals surface area contributed by atoms with Crippen molar-refractivity contribution >= 4 is 17.5 Å². The highest BCUT2D eigenvalue weighted by atomic mass is 16.2. The number of aromatic nitrogens is 2. The number of rotatable bonds is 3. The van der Waals surface area contributed by atoms with Gasteiger partial charge in [-0.3, -0.25) is 4.79 Å². The molecule has 2 saturated heterocycles. The summed E-state index contributed by atoms with van der Waals surface area (Å²) in [6.45, 7) is 5.25. The van der Waals surface area contributed by atoms with Crippen LogP contribution in [0.3, 0.4) is 0 Å². The molecule has 0 saturated carbocycles. The van der Waals surface area contributed by atoms with Gasteiger partial charge in [0, 0.05) is 51.2 Å². The van der Waals surface area contributed by atoms with Crippen LogP contribution in [0.1, 0.15) is 36.2 Å². The second-order valence-corrected chi connectivity index (χ2v) is 7.26. The highest BCUT2D eigenvalue weighted by Crippen LogP contribution is 2.19. The molecule has 0 aliphatic carbocycles. The number of hydrogen-bond donors (Lipinski definition) is 0. The molecule has 4 rings (SSSR count). The number of benzene rings is 1. The normalized spacial score (nSPS) is 18.3. The molecule has 1 aromatic carbocycles. The van der Waals surface area contributed by atoms with Crippen molar-refractivity contribution in [3.05, 3.63) is 48.3 Å². The van der Waals surface area contributed by atoms with Crippen molar-refractivity contribution in [3.8, 4) is 0 Å². The minimum atomic E-state index is 0.0449. The zero-order valence-corrected chi connectivity index (χ0v) is 15.8. The molecule has 0 bridgehead atoms. The van der Waals surface area contributed by atoms with E-state index >= 15 is 0 Å². The van der Waals surface area contributed by atoms with E-state index in [1.165, 1.54) is 18.5 Å². The van der Waals surface area contributed by atoms with Crippen molar-refractivity contribution in [2.24, 2.45) is 0 Å². The van der Waals surface area contributed by atoms with Gasteiger partial charge in [-0.05, 0) is 31.0 Å². The maximum absolute atomic E-state index is 12.8. The molecule has 2 aliphatic heterocycles. The van der Waals surface area contributed by atoms with E-state index in [0.717, 1.165) is 52.1 Å². The maximum Gasteiger partial charge on any atom is 0.272 e. The fourth-order valence-corrected chi connectivity index (χ4v) is 3.86. The number of nitrogens with zero attached hydrogens (tertiary/aromatic N) is 5. The summed E-state index contributed by atoms with van der Waals surface area (Å²) in [5, 5.41) is 0. The molecule has 3 heterocycles. The van der Waals surface area contributed by atoms with E-state index in [4.69, 9.17) is 0 Å². The number of amides is 1. The quantitative estimate of drug-likeness (QED) is 0.837. The van der Waals surface area contributed by atoms with Crippen LogP contribution in [-0.2, 0) is 0 Å². The SMILES string of the molecule is O=C(c1ccnc(N2CCN(c3ccccc3)CC2)n1)N1CCCCCC1. The van der Waals surface area contributed by atoms with Gasteiger partial charge in [0.15, 0.2) is 0 Å². The van der Waals surface area contributed by atoms with Crippen LogP contribution >= 0.6 is 0 Å². The van der Waals surface area contributed by atoms with Gasteiger partial charge in [0.25, 0.3) is 5.91 Å². The first-order valence-corrected chi connectivity index (χ1v) is 9.98. The Hall–Kier alpha value is -2.63. The minimum absolute atomic E-state index is 0.0449. The van der Waals surface area contributed by atoms with Crippen molar-refractivity contribution in [3.63, 3.8) is 0 Å². The molecular weight excluding hydrogens is 338 g/mol. The Bertz CT molecular complexity index is 750. The number of carbonyl (C=O) groups excluding carboxylic acids is 1. The third-order valence-corrected chi connectivity index (χ3v) is 5.44. The van der Waals surface area contributed by atoms with Crippen molar-refractivity contribution < 1.29 is 4.79 Å². The van der Waals surface area contributed by atoms with E-state index in [2.05, 4.69) is 44.0 Å². The van der Waals surface area contributed by atoms with Gasteiger partial charge in [0.05, 0.1) is 0 Å². The van der Waals surface area contributed by atoms with E-state index < -0.39 is 0 Å². The maximum atomic E-state index is 12.8. The summed E-state index contributed by atoms with van der Waals surface area (Å²) < 4.78 is 0. The Morgan fingerprint density at radius 2 is 1.44 bits per heavy atom. The molecule has 142 valence electrons. The van der Waals surface area contributed by atoms with Gasteiger partial charge >= 0.3 is 0 Å². The van der Waals surface area contributed by atoms with Crippen LogP contribution in [0.15, 0.2) is 42.6 Å². The number of hydrogen-bond acceptors (Lipinski definition) is 5. The minimum Gasteiger partial charge on any atom is -0.368 e. The van der Waals surface area contributed by atoms with Crippen molar-refractivity contribution in [2.75, 3.05) is 49.1 Å². The summed E-state index contributed by atoms with van der Waals surface area (Å²) in [5.41, 5.74) is 1.77. The molecule has 2 aromatic rings. The second-order valence-electron chi connectivity index (χ2n) is 7.26. The largest absolute Gasteiger partial charge is 0.368 e. The highest BCUT2D eigenvalue weighted by molar-refractivity contribution is 5.92. The third kappa shape index (κ3) is 4.21. The van der Waals surface area contributed by atoms with Crippen molar-refractivity contribution in [1.29, 1.82) is 0 Å². The highest BCUT2D eigenvalue weighted by Gasteiger charge is 2.22. The predicted octanol–water partition coefficient (Wildman–Crippen LogP) is 2.82. The molecule has 27 heavy (non-hydrogen) atoms. The van der Waals surface area contributed by atoms with Crippen LogP contribution in [-0.4, -0.2) is 60.0 Å². The van der Waals surface area contributed by atoms with Gasteiger partial charge < -0.3 is 14.7 Å². The van der Waals surface area contributed by atoms with Crippen LogP contribution < -0.4 is 9.80 Å². The lowest BCUT2D eigenvalue weighted by Gasteiger charge is -2.36. The number of likely N-dealkylation sites (tertiary alicyclic amines) is 1. The molecule has 2 fully saturated rings. The Morgan fingerprint density at radius 3 is 2.15 bits per heavy atom. The van der Waals surface area contributed by atoms with E-state index in [0.29, 0.717) is 11.6 Å². The van der Waals surface area contributed by atoms with Crippen molar-refractivity contribution in [2.45, 2.75) is 25.7 Å². The molecule has 6 heteroatoms. The zero-order chi connectivity index (χ0) is 18.5. The van der Waals surface area contributed by atoms with Gasteiger partial charge in [0.1, 0.15) is 5.69 Å². The predicted molar refractivity (Wildman–Crippen MR) is 107 cm³/mol. The molecule has 0 N–H and O–H groups in total. The smallest absolute Gasteiger partial charge is 0.272 e.